The van der Waals surface area contributed by atoms with Crippen LogP contribution in [0.4, 0.5) is 0 Å². The molecule has 1 atom stereocenters. The maximum absolute atomic E-state index is 12.4. The summed E-state index contributed by atoms with van der Waals surface area (Å²) >= 11 is 0. The lowest BCUT2D eigenvalue weighted by Crippen LogP contribution is -2.44. The summed E-state index contributed by atoms with van der Waals surface area (Å²) in [4.78, 5) is 28.1. The van der Waals surface area contributed by atoms with Gasteiger partial charge in [-0.1, -0.05) is 6.08 Å². The molecule has 2 fully saturated rings. The van der Waals surface area contributed by atoms with Crippen LogP contribution in [0.2, 0.25) is 0 Å². The topological polar surface area (TPSA) is 74.8 Å². The van der Waals surface area contributed by atoms with Crippen molar-refractivity contribution < 1.29 is 18.0 Å². The molecule has 0 radical (unpaired) electrons. The Morgan fingerprint density at radius 3 is 2.57 bits per heavy atom. The van der Waals surface area contributed by atoms with Crippen LogP contribution in [0.1, 0.15) is 32.6 Å². The Hall–Kier alpha value is -1.37. The maximum Gasteiger partial charge on any atom is 0.223 e. The second kappa shape index (κ2) is 5.92. The molecule has 0 aliphatic carbocycles. The normalized spacial score (nSPS) is 28.7. The van der Waals surface area contributed by atoms with Crippen molar-refractivity contribution in [1.82, 2.24) is 9.80 Å². The van der Waals surface area contributed by atoms with Crippen molar-refractivity contribution in [2.75, 3.05) is 31.9 Å². The molecule has 23 heavy (non-hydrogen) atoms. The van der Waals surface area contributed by atoms with Gasteiger partial charge in [0.05, 0.1) is 5.75 Å². The first kappa shape index (κ1) is 16.5. The molecule has 3 aliphatic rings. The highest BCUT2D eigenvalue weighted by molar-refractivity contribution is 7.94. The predicted molar refractivity (Wildman–Crippen MR) is 86.2 cm³/mol. The molecule has 2 saturated heterocycles. The van der Waals surface area contributed by atoms with Gasteiger partial charge in [-0.05, 0) is 19.8 Å². The first-order valence-electron chi connectivity index (χ1n) is 8.29. The molecular weight excluding hydrogens is 316 g/mol. The van der Waals surface area contributed by atoms with E-state index in [9.17, 15) is 18.0 Å². The number of carbonyl (C=O) groups is 2. The lowest BCUT2D eigenvalue weighted by molar-refractivity contribution is -0.134. The molecule has 0 bridgehead atoms. The molecule has 3 heterocycles. The third-order valence-corrected chi connectivity index (χ3v) is 6.87. The van der Waals surface area contributed by atoms with Gasteiger partial charge in [0.2, 0.25) is 11.8 Å². The number of hydrogen-bond donors (Lipinski definition) is 0. The predicted octanol–water partition coefficient (Wildman–Crippen LogP) is 0.796. The van der Waals surface area contributed by atoms with Crippen LogP contribution < -0.4 is 0 Å². The van der Waals surface area contributed by atoms with Gasteiger partial charge in [-0.2, -0.15) is 0 Å². The molecular formula is C16H24N2O4S. The second-order valence-corrected chi connectivity index (χ2v) is 9.02. The minimum absolute atomic E-state index is 0.0308. The molecule has 3 aliphatic heterocycles. The fourth-order valence-corrected chi connectivity index (χ4v) is 5.35. The van der Waals surface area contributed by atoms with Crippen LogP contribution in [0.5, 0.6) is 0 Å². The Kier molecular flexibility index (Phi) is 4.25. The number of hydrogen-bond acceptors (Lipinski definition) is 4. The number of allylic oxidation sites excluding steroid dienone is 1. The van der Waals surface area contributed by atoms with Crippen LogP contribution in [0.15, 0.2) is 11.5 Å². The van der Waals surface area contributed by atoms with Crippen molar-refractivity contribution in [3.05, 3.63) is 11.5 Å². The van der Waals surface area contributed by atoms with Gasteiger partial charge in [-0.15, -0.1) is 0 Å². The summed E-state index contributed by atoms with van der Waals surface area (Å²) in [6.45, 7) is 4.91. The molecule has 0 aromatic rings. The summed E-state index contributed by atoms with van der Waals surface area (Å²) in [5, 5.41) is 1.22. The molecule has 0 N–H and O–H groups in total. The van der Waals surface area contributed by atoms with Crippen LogP contribution >= 0.6 is 0 Å². The number of piperidine rings is 1. The number of amides is 2. The summed E-state index contributed by atoms with van der Waals surface area (Å²) in [6.07, 6.45) is 4.22. The van der Waals surface area contributed by atoms with Gasteiger partial charge in [0, 0.05) is 55.8 Å². The van der Waals surface area contributed by atoms with Gasteiger partial charge in [-0.25, -0.2) is 8.42 Å². The zero-order chi connectivity index (χ0) is 16.7. The van der Waals surface area contributed by atoms with Crippen LogP contribution in [-0.2, 0) is 19.4 Å². The van der Waals surface area contributed by atoms with Crippen molar-refractivity contribution in [1.29, 1.82) is 0 Å². The molecule has 0 aromatic carbocycles. The molecule has 0 saturated carbocycles. The van der Waals surface area contributed by atoms with Crippen molar-refractivity contribution >= 4 is 21.7 Å². The number of likely N-dealkylation sites (tertiary alicyclic amines) is 2. The first-order valence-corrected chi connectivity index (χ1v) is 10.0. The summed E-state index contributed by atoms with van der Waals surface area (Å²) in [5.41, 5.74) is 0.0421. The van der Waals surface area contributed by atoms with Gasteiger partial charge < -0.3 is 9.80 Å². The van der Waals surface area contributed by atoms with Crippen LogP contribution in [0.25, 0.3) is 0 Å². The quantitative estimate of drug-likeness (QED) is 0.761. The average molecular weight is 340 g/mol. The second-order valence-electron chi connectivity index (χ2n) is 7.09. The van der Waals surface area contributed by atoms with E-state index in [1.165, 1.54) is 5.41 Å². The first-order chi connectivity index (χ1) is 10.8. The van der Waals surface area contributed by atoms with Crippen molar-refractivity contribution in [3.8, 4) is 0 Å². The van der Waals surface area contributed by atoms with Gasteiger partial charge in [0.1, 0.15) is 0 Å². The largest absolute Gasteiger partial charge is 0.343 e. The summed E-state index contributed by atoms with van der Waals surface area (Å²) in [7, 11) is -3.10. The lowest BCUT2D eigenvalue weighted by Gasteiger charge is -2.39. The minimum atomic E-state index is -3.10. The highest BCUT2D eigenvalue weighted by Crippen LogP contribution is 2.41. The van der Waals surface area contributed by atoms with E-state index in [1.807, 2.05) is 16.7 Å². The van der Waals surface area contributed by atoms with Crippen LogP contribution in [-0.4, -0.2) is 62.0 Å². The molecule has 1 spiro atoms. The summed E-state index contributed by atoms with van der Waals surface area (Å²) in [5.74, 6) is 0.125. The Balaban J connectivity index is 1.52. The number of carbonyl (C=O) groups excluding carboxylic acids is 2. The van der Waals surface area contributed by atoms with Gasteiger partial charge in [0.15, 0.2) is 9.84 Å². The smallest absolute Gasteiger partial charge is 0.223 e. The number of sulfone groups is 1. The lowest BCUT2D eigenvalue weighted by atomic mass is 9.77. The van der Waals surface area contributed by atoms with E-state index < -0.39 is 9.84 Å². The summed E-state index contributed by atoms with van der Waals surface area (Å²) < 4.78 is 22.8. The molecule has 6 nitrogen and oxygen atoms in total. The highest BCUT2D eigenvalue weighted by atomic mass is 32.2. The van der Waals surface area contributed by atoms with E-state index in [-0.39, 0.29) is 35.3 Å². The Bertz CT molecular complexity index is 632. The molecule has 0 aromatic heterocycles. The fourth-order valence-electron chi connectivity index (χ4n) is 3.96. The Labute approximate surface area is 137 Å². The molecule has 2 amide bonds. The standard InChI is InChI=1S/C16H24N2O4S/c1-2-17-12-16(10-15(17)20)4-6-18(7-5-16)14(19)9-13-3-8-23(21,22)11-13/h3,8,13H,2,4-7,9-12H2,1H3. The van der Waals surface area contributed by atoms with E-state index in [1.54, 1.807) is 6.08 Å². The number of rotatable bonds is 3. The van der Waals surface area contributed by atoms with Crippen LogP contribution in [0, 0.1) is 11.3 Å². The van der Waals surface area contributed by atoms with Crippen molar-refractivity contribution in [3.63, 3.8) is 0 Å². The van der Waals surface area contributed by atoms with Gasteiger partial charge in [0.25, 0.3) is 0 Å². The number of nitrogens with zero attached hydrogens (tertiary/aromatic N) is 2. The van der Waals surface area contributed by atoms with E-state index in [4.69, 9.17) is 0 Å². The van der Waals surface area contributed by atoms with E-state index in [2.05, 4.69) is 0 Å². The molecule has 1 unspecified atom stereocenters. The Morgan fingerprint density at radius 2 is 2.04 bits per heavy atom. The molecule has 128 valence electrons. The van der Waals surface area contributed by atoms with Crippen molar-refractivity contribution in [2.45, 2.75) is 32.6 Å². The maximum atomic E-state index is 12.4. The molecule has 7 heteroatoms. The summed E-state index contributed by atoms with van der Waals surface area (Å²) in [6, 6.07) is 0. The van der Waals surface area contributed by atoms with E-state index in [0.717, 1.165) is 25.9 Å². The monoisotopic (exact) mass is 340 g/mol. The van der Waals surface area contributed by atoms with Gasteiger partial charge in [-0.3, -0.25) is 9.59 Å². The fraction of sp³-hybridized carbons (Fsp3) is 0.750. The van der Waals surface area contributed by atoms with Gasteiger partial charge >= 0.3 is 0 Å². The zero-order valence-corrected chi connectivity index (χ0v) is 14.3. The Morgan fingerprint density at radius 1 is 1.35 bits per heavy atom. The highest BCUT2D eigenvalue weighted by Gasteiger charge is 2.44. The van der Waals surface area contributed by atoms with E-state index in [0.29, 0.717) is 19.5 Å². The third-order valence-electron chi connectivity index (χ3n) is 5.40. The van der Waals surface area contributed by atoms with Crippen molar-refractivity contribution in [2.24, 2.45) is 11.3 Å². The SMILES string of the molecule is CCN1CC2(CCN(C(=O)CC3C=CS(=O)(=O)C3)CC2)CC1=O. The molecule has 3 rings (SSSR count). The average Bonchev–Trinajstić information content (AvgIpc) is 2.99. The zero-order valence-electron chi connectivity index (χ0n) is 13.5. The third kappa shape index (κ3) is 3.44. The van der Waals surface area contributed by atoms with E-state index >= 15 is 0 Å². The minimum Gasteiger partial charge on any atom is -0.343 e. The van der Waals surface area contributed by atoms with Crippen LogP contribution in [0.3, 0.4) is 0 Å².